The molecule has 0 radical (unpaired) electrons. The van der Waals surface area contributed by atoms with Crippen LogP contribution in [0.25, 0.3) is 23.3 Å². The van der Waals surface area contributed by atoms with E-state index in [0.29, 0.717) is 61.9 Å². The van der Waals surface area contributed by atoms with E-state index in [-0.39, 0.29) is 17.2 Å². The van der Waals surface area contributed by atoms with Crippen molar-refractivity contribution in [3.8, 4) is 0 Å². The SMILES string of the molecule is CCn1c(=O)c2[nH]c(C=Cc3ccc(C(=O)N4CCOCC4)cc3)nc2n(CC)c1=O. The number of ether oxygens (including phenoxy) is 1. The average molecular weight is 423 g/mol. The molecule has 0 bridgehead atoms. The number of morpholine rings is 1. The van der Waals surface area contributed by atoms with Crippen LogP contribution < -0.4 is 11.2 Å². The van der Waals surface area contributed by atoms with Crippen LogP contribution in [0, 0.1) is 0 Å². The van der Waals surface area contributed by atoms with E-state index in [1.54, 1.807) is 30.0 Å². The van der Waals surface area contributed by atoms with Gasteiger partial charge in [0.1, 0.15) is 11.3 Å². The predicted octanol–water partition coefficient (Wildman–Crippen LogP) is 1.57. The molecular weight excluding hydrogens is 398 g/mol. The van der Waals surface area contributed by atoms with Crippen molar-refractivity contribution in [2.75, 3.05) is 26.3 Å². The van der Waals surface area contributed by atoms with Gasteiger partial charge < -0.3 is 14.6 Å². The molecular formula is C22H25N5O4. The number of aromatic amines is 1. The zero-order valence-corrected chi connectivity index (χ0v) is 17.6. The number of imidazole rings is 1. The standard InChI is InChI=1S/C22H25N5O4/c1-3-26-19-18(21(29)27(4-2)22(26)30)23-17(24-19)10-7-15-5-8-16(9-6-15)20(28)25-11-13-31-14-12-25/h5-10H,3-4,11-14H2,1-2H3,(H,23,24). The Hall–Kier alpha value is -3.46. The summed E-state index contributed by atoms with van der Waals surface area (Å²) >= 11 is 0. The Bertz CT molecular complexity index is 1240. The van der Waals surface area contributed by atoms with Gasteiger partial charge in [0.15, 0.2) is 5.65 Å². The van der Waals surface area contributed by atoms with Gasteiger partial charge >= 0.3 is 5.69 Å². The number of carbonyl (C=O) groups excluding carboxylic acids is 1. The first-order valence-corrected chi connectivity index (χ1v) is 10.4. The largest absolute Gasteiger partial charge is 0.378 e. The van der Waals surface area contributed by atoms with E-state index in [4.69, 9.17) is 4.74 Å². The number of benzene rings is 1. The highest BCUT2D eigenvalue weighted by Crippen LogP contribution is 2.13. The summed E-state index contributed by atoms with van der Waals surface area (Å²) < 4.78 is 7.97. The monoisotopic (exact) mass is 423 g/mol. The second-order valence-corrected chi connectivity index (χ2v) is 7.26. The molecule has 9 heteroatoms. The van der Waals surface area contributed by atoms with Gasteiger partial charge in [-0.15, -0.1) is 0 Å². The molecule has 9 nitrogen and oxygen atoms in total. The lowest BCUT2D eigenvalue weighted by atomic mass is 10.1. The molecule has 1 saturated heterocycles. The van der Waals surface area contributed by atoms with E-state index in [1.165, 1.54) is 9.13 Å². The van der Waals surface area contributed by atoms with E-state index in [1.807, 2.05) is 25.1 Å². The molecule has 162 valence electrons. The van der Waals surface area contributed by atoms with E-state index in [9.17, 15) is 14.4 Å². The molecule has 1 amide bonds. The first kappa shape index (κ1) is 20.8. The second-order valence-electron chi connectivity index (χ2n) is 7.26. The number of nitrogens with one attached hydrogen (secondary N) is 1. The number of aromatic nitrogens is 4. The van der Waals surface area contributed by atoms with Gasteiger partial charge in [-0.2, -0.15) is 0 Å². The zero-order valence-electron chi connectivity index (χ0n) is 17.6. The van der Waals surface area contributed by atoms with Crippen molar-refractivity contribution in [2.45, 2.75) is 26.9 Å². The summed E-state index contributed by atoms with van der Waals surface area (Å²) in [5.74, 6) is 0.483. The smallest absolute Gasteiger partial charge is 0.332 e. The molecule has 0 atom stereocenters. The molecule has 1 N–H and O–H groups in total. The van der Waals surface area contributed by atoms with Crippen molar-refractivity contribution >= 4 is 29.2 Å². The highest BCUT2D eigenvalue weighted by molar-refractivity contribution is 5.94. The number of hydrogen-bond donors (Lipinski definition) is 1. The van der Waals surface area contributed by atoms with E-state index >= 15 is 0 Å². The summed E-state index contributed by atoms with van der Waals surface area (Å²) in [6.07, 6.45) is 3.59. The summed E-state index contributed by atoms with van der Waals surface area (Å²) in [4.78, 5) is 46.8. The molecule has 0 saturated carbocycles. The lowest BCUT2D eigenvalue weighted by molar-refractivity contribution is 0.0303. The van der Waals surface area contributed by atoms with Gasteiger partial charge in [0.25, 0.3) is 11.5 Å². The van der Waals surface area contributed by atoms with Crippen LogP contribution in [0.2, 0.25) is 0 Å². The molecule has 2 aromatic heterocycles. The molecule has 31 heavy (non-hydrogen) atoms. The number of aryl methyl sites for hydroxylation is 1. The highest BCUT2D eigenvalue weighted by Gasteiger charge is 2.18. The first-order valence-electron chi connectivity index (χ1n) is 10.4. The Kier molecular flexibility index (Phi) is 5.85. The van der Waals surface area contributed by atoms with Crippen LogP contribution in [-0.4, -0.2) is 56.2 Å². The maximum atomic E-state index is 12.6. The van der Waals surface area contributed by atoms with Crippen molar-refractivity contribution in [3.05, 3.63) is 62.1 Å². The highest BCUT2D eigenvalue weighted by atomic mass is 16.5. The van der Waals surface area contributed by atoms with Crippen molar-refractivity contribution in [1.82, 2.24) is 24.0 Å². The summed E-state index contributed by atoms with van der Waals surface area (Å²) in [6.45, 7) is 6.67. The number of carbonyl (C=O) groups is 1. The molecule has 1 aliphatic heterocycles. The third-order valence-corrected chi connectivity index (χ3v) is 5.40. The number of H-pyrrole nitrogens is 1. The fourth-order valence-electron chi connectivity index (χ4n) is 3.69. The van der Waals surface area contributed by atoms with Crippen molar-refractivity contribution in [1.29, 1.82) is 0 Å². The van der Waals surface area contributed by atoms with Crippen LogP contribution in [0.15, 0.2) is 33.9 Å². The van der Waals surface area contributed by atoms with Crippen LogP contribution in [0.3, 0.4) is 0 Å². The number of nitrogens with zero attached hydrogens (tertiary/aromatic N) is 4. The van der Waals surface area contributed by atoms with Gasteiger partial charge in [0, 0.05) is 31.7 Å². The Balaban J connectivity index is 1.58. The zero-order chi connectivity index (χ0) is 22.0. The Labute approximate surface area is 178 Å². The lowest BCUT2D eigenvalue weighted by Crippen LogP contribution is -2.40. The van der Waals surface area contributed by atoms with Crippen LogP contribution in [0.1, 0.15) is 35.6 Å². The van der Waals surface area contributed by atoms with Crippen LogP contribution in [0.4, 0.5) is 0 Å². The number of fused-ring (bicyclic) bond motifs is 1. The van der Waals surface area contributed by atoms with Crippen LogP contribution >= 0.6 is 0 Å². The average Bonchev–Trinajstić information content (AvgIpc) is 3.23. The van der Waals surface area contributed by atoms with E-state index < -0.39 is 0 Å². The normalized spacial score (nSPS) is 14.6. The van der Waals surface area contributed by atoms with Gasteiger partial charge in [0.2, 0.25) is 0 Å². The predicted molar refractivity (Wildman–Crippen MR) is 118 cm³/mol. The summed E-state index contributed by atoms with van der Waals surface area (Å²) in [5.41, 5.74) is 1.46. The summed E-state index contributed by atoms with van der Waals surface area (Å²) in [7, 11) is 0. The summed E-state index contributed by atoms with van der Waals surface area (Å²) in [6, 6.07) is 7.31. The molecule has 1 aromatic carbocycles. The molecule has 4 rings (SSSR count). The fourth-order valence-corrected chi connectivity index (χ4v) is 3.69. The molecule has 1 fully saturated rings. The van der Waals surface area contributed by atoms with Crippen LogP contribution in [-0.2, 0) is 17.8 Å². The van der Waals surface area contributed by atoms with Gasteiger partial charge in [-0.3, -0.25) is 18.7 Å². The van der Waals surface area contributed by atoms with Crippen LogP contribution in [0.5, 0.6) is 0 Å². The maximum Gasteiger partial charge on any atom is 0.332 e. The Morgan fingerprint density at radius 2 is 1.74 bits per heavy atom. The Morgan fingerprint density at radius 3 is 2.39 bits per heavy atom. The molecule has 0 unspecified atom stereocenters. The van der Waals surface area contributed by atoms with Gasteiger partial charge in [-0.05, 0) is 37.6 Å². The number of rotatable bonds is 5. The third-order valence-electron chi connectivity index (χ3n) is 5.40. The minimum Gasteiger partial charge on any atom is -0.378 e. The second kappa shape index (κ2) is 8.73. The van der Waals surface area contributed by atoms with Crippen molar-refractivity contribution in [2.24, 2.45) is 0 Å². The molecule has 0 aliphatic carbocycles. The first-order chi connectivity index (χ1) is 15.0. The van der Waals surface area contributed by atoms with Gasteiger partial charge in [-0.25, -0.2) is 9.78 Å². The number of hydrogen-bond acceptors (Lipinski definition) is 5. The number of amides is 1. The third kappa shape index (κ3) is 3.96. The fraction of sp³-hybridized carbons (Fsp3) is 0.364. The molecule has 1 aliphatic rings. The van der Waals surface area contributed by atoms with Gasteiger partial charge in [-0.1, -0.05) is 18.2 Å². The minimum atomic E-state index is -0.370. The molecule has 3 heterocycles. The Morgan fingerprint density at radius 1 is 1.06 bits per heavy atom. The van der Waals surface area contributed by atoms with Crippen molar-refractivity contribution < 1.29 is 9.53 Å². The maximum absolute atomic E-state index is 12.6. The quantitative estimate of drug-likeness (QED) is 0.671. The summed E-state index contributed by atoms with van der Waals surface area (Å²) in [5, 5.41) is 0. The molecule has 3 aromatic rings. The van der Waals surface area contributed by atoms with E-state index in [2.05, 4.69) is 9.97 Å². The topological polar surface area (TPSA) is 102 Å². The molecule has 0 spiro atoms. The van der Waals surface area contributed by atoms with Gasteiger partial charge in [0.05, 0.1) is 13.2 Å². The van der Waals surface area contributed by atoms with Crippen molar-refractivity contribution in [3.63, 3.8) is 0 Å². The lowest BCUT2D eigenvalue weighted by Gasteiger charge is -2.26. The minimum absolute atomic E-state index is 0.000791. The van der Waals surface area contributed by atoms with E-state index in [0.717, 1.165) is 5.56 Å².